The van der Waals surface area contributed by atoms with Crippen LogP contribution in [0.4, 0.5) is 5.69 Å². The molecule has 0 fully saturated rings. The molecule has 1 aromatic rings. The summed E-state index contributed by atoms with van der Waals surface area (Å²) in [6.45, 7) is 8.04. The third kappa shape index (κ3) is 2.88. The van der Waals surface area contributed by atoms with Crippen molar-refractivity contribution in [3.8, 4) is 0 Å². The average molecular weight is 377 g/mol. The Balaban J connectivity index is 2.03. The van der Waals surface area contributed by atoms with Crippen molar-refractivity contribution < 1.29 is 18.3 Å². The summed E-state index contributed by atoms with van der Waals surface area (Å²) in [5.74, 6) is -0.338. The molecule has 2 N–H and O–H groups in total. The summed E-state index contributed by atoms with van der Waals surface area (Å²) >= 11 is 0. The standard InChI is InChI=1S/C18H23N3O4S/c1-11(2)9-10-21-17(23)14(15(22)18(21,3)4)16-19-12-7-5-6-8-13(12)26(24,25)20-16/h5-8,11,22H,9-10H2,1-4H3,(H,19,20). The third-order valence-electron chi connectivity index (χ3n) is 4.75. The fraction of sp³-hybridized carbons (Fsp3) is 0.444. The van der Waals surface area contributed by atoms with Gasteiger partial charge in [-0.3, -0.25) is 4.79 Å². The number of carbonyl (C=O) groups excluding carboxylic acids is 1. The van der Waals surface area contributed by atoms with E-state index in [4.69, 9.17) is 0 Å². The van der Waals surface area contributed by atoms with Crippen LogP contribution >= 0.6 is 0 Å². The SMILES string of the molecule is CC(C)CCN1C(=O)C(C2=NS(=O)(=O)c3ccccc3N2)=C(O)C1(C)C. The molecule has 1 aromatic carbocycles. The fourth-order valence-electron chi connectivity index (χ4n) is 3.13. The van der Waals surface area contributed by atoms with E-state index in [-0.39, 0.29) is 22.1 Å². The number of nitrogens with one attached hydrogen (secondary N) is 1. The Kier molecular flexibility index (Phi) is 4.34. The minimum absolute atomic E-state index is 0.0465. The lowest BCUT2D eigenvalue weighted by atomic mass is 10.0. The van der Waals surface area contributed by atoms with Crippen LogP contribution in [-0.2, 0) is 14.8 Å². The van der Waals surface area contributed by atoms with Crippen molar-refractivity contribution >= 4 is 27.5 Å². The highest BCUT2D eigenvalue weighted by Gasteiger charge is 2.48. The van der Waals surface area contributed by atoms with Gasteiger partial charge in [-0.2, -0.15) is 8.42 Å². The van der Waals surface area contributed by atoms with E-state index >= 15 is 0 Å². The smallest absolute Gasteiger partial charge is 0.286 e. The van der Waals surface area contributed by atoms with E-state index in [1.165, 1.54) is 6.07 Å². The Bertz CT molecular complexity index is 930. The first kappa shape index (κ1) is 18.4. The number of carbonyl (C=O) groups is 1. The molecule has 0 aromatic heterocycles. The lowest BCUT2D eigenvalue weighted by molar-refractivity contribution is -0.128. The van der Waals surface area contributed by atoms with Crippen molar-refractivity contribution in [2.75, 3.05) is 11.9 Å². The van der Waals surface area contributed by atoms with Gasteiger partial charge in [0.1, 0.15) is 16.2 Å². The topological polar surface area (TPSA) is 99.1 Å². The van der Waals surface area contributed by atoms with Gasteiger partial charge in [-0.15, -0.1) is 4.40 Å². The Morgan fingerprint density at radius 2 is 1.92 bits per heavy atom. The van der Waals surface area contributed by atoms with Crippen LogP contribution in [-0.4, -0.2) is 42.3 Å². The predicted molar refractivity (Wildman–Crippen MR) is 99.6 cm³/mol. The van der Waals surface area contributed by atoms with Crippen molar-refractivity contribution in [1.82, 2.24) is 4.90 Å². The summed E-state index contributed by atoms with van der Waals surface area (Å²) in [5, 5.41) is 13.6. The number of amides is 1. The fourth-order valence-corrected chi connectivity index (χ4v) is 4.25. The minimum Gasteiger partial charge on any atom is -0.509 e. The van der Waals surface area contributed by atoms with Crippen LogP contribution in [0.3, 0.4) is 0 Å². The molecule has 2 heterocycles. The highest BCUT2D eigenvalue weighted by Crippen LogP contribution is 2.37. The zero-order chi connectivity index (χ0) is 19.3. The second kappa shape index (κ2) is 6.12. The summed E-state index contributed by atoms with van der Waals surface area (Å²) in [6, 6.07) is 6.34. The molecule has 0 aliphatic carbocycles. The van der Waals surface area contributed by atoms with Crippen LogP contribution < -0.4 is 5.32 Å². The number of nitrogens with zero attached hydrogens (tertiary/aromatic N) is 2. The number of para-hydroxylation sites is 1. The van der Waals surface area contributed by atoms with Gasteiger partial charge in [0.25, 0.3) is 15.9 Å². The molecule has 7 nitrogen and oxygen atoms in total. The Morgan fingerprint density at radius 1 is 1.27 bits per heavy atom. The van der Waals surface area contributed by atoms with E-state index in [1.54, 1.807) is 36.9 Å². The highest BCUT2D eigenvalue weighted by molar-refractivity contribution is 7.90. The zero-order valence-corrected chi connectivity index (χ0v) is 16.1. The minimum atomic E-state index is -3.95. The molecular weight excluding hydrogens is 354 g/mol. The predicted octanol–water partition coefficient (Wildman–Crippen LogP) is 2.68. The van der Waals surface area contributed by atoms with Crippen LogP contribution in [0.15, 0.2) is 44.9 Å². The Labute approximate surface area is 153 Å². The summed E-state index contributed by atoms with van der Waals surface area (Å²) in [6.07, 6.45) is 0.775. The van der Waals surface area contributed by atoms with Gasteiger partial charge in [0.15, 0.2) is 5.84 Å². The van der Waals surface area contributed by atoms with Gasteiger partial charge in [0, 0.05) is 6.54 Å². The highest BCUT2D eigenvalue weighted by atomic mass is 32.2. The molecule has 2 aliphatic heterocycles. The van der Waals surface area contributed by atoms with Gasteiger partial charge in [0.2, 0.25) is 0 Å². The van der Waals surface area contributed by atoms with E-state index in [1.807, 2.05) is 0 Å². The first-order valence-electron chi connectivity index (χ1n) is 8.53. The number of sulfonamides is 1. The molecule has 2 aliphatic rings. The lowest BCUT2D eigenvalue weighted by Crippen LogP contribution is -2.44. The summed E-state index contributed by atoms with van der Waals surface area (Å²) in [7, 11) is -3.95. The molecule has 0 spiro atoms. The van der Waals surface area contributed by atoms with Gasteiger partial charge in [-0.1, -0.05) is 26.0 Å². The Hall–Kier alpha value is -2.35. The van der Waals surface area contributed by atoms with Crippen molar-refractivity contribution in [1.29, 1.82) is 0 Å². The van der Waals surface area contributed by atoms with Crippen LogP contribution in [0, 0.1) is 5.92 Å². The first-order chi connectivity index (χ1) is 12.1. The number of anilines is 1. The van der Waals surface area contributed by atoms with E-state index < -0.39 is 21.5 Å². The number of hydrogen-bond acceptors (Lipinski definition) is 5. The first-order valence-corrected chi connectivity index (χ1v) is 9.97. The van der Waals surface area contributed by atoms with Crippen molar-refractivity contribution in [3.05, 3.63) is 35.6 Å². The molecule has 0 unspecified atom stereocenters. The molecular formula is C18H23N3O4S. The number of benzene rings is 1. The summed E-state index contributed by atoms with van der Waals surface area (Å²) in [5.41, 5.74) is -0.674. The van der Waals surface area contributed by atoms with Gasteiger partial charge in [-0.05, 0) is 38.3 Å². The second-order valence-electron chi connectivity index (χ2n) is 7.46. The number of fused-ring (bicyclic) bond motifs is 1. The molecule has 0 atom stereocenters. The van der Waals surface area contributed by atoms with Crippen LogP contribution in [0.2, 0.25) is 0 Å². The maximum Gasteiger partial charge on any atom is 0.286 e. The van der Waals surface area contributed by atoms with E-state index in [9.17, 15) is 18.3 Å². The molecule has 26 heavy (non-hydrogen) atoms. The molecule has 0 saturated heterocycles. The normalized spacial score (nSPS) is 20.9. The molecule has 0 saturated carbocycles. The summed E-state index contributed by atoms with van der Waals surface area (Å²) in [4.78, 5) is 14.6. The van der Waals surface area contributed by atoms with Crippen LogP contribution in [0.1, 0.15) is 34.1 Å². The van der Waals surface area contributed by atoms with Gasteiger partial charge in [0.05, 0.1) is 11.2 Å². The van der Waals surface area contributed by atoms with E-state index in [0.29, 0.717) is 18.2 Å². The second-order valence-corrected chi connectivity index (χ2v) is 9.03. The number of hydrogen-bond donors (Lipinski definition) is 2. The number of aliphatic hydroxyl groups excluding tert-OH is 1. The maximum atomic E-state index is 13.0. The van der Waals surface area contributed by atoms with Crippen molar-refractivity contribution in [3.63, 3.8) is 0 Å². The van der Waals surface area contributed by atoms with Gasteiger partial charge >= 0.3 is 0 Å². The van der Waals surface area contributed by atoms with Crippen molar-refractivity contribution in [2.24, 2.45) is 10.3 Å². The molecule has 0 radical (unpaired) electrons. The van der Waals surface area contributed by atoms with Crippen LogP contribution in [0.5, 0.6) is 0 Å². The maximum absolute atomic E-state index is 13.0. The molecule has 140 valence electrons. The number of rotatable bonds is 4. The summed E-state index contributed by atoms with van der Waals surface area (Å²) < 4.78 is 28.7. The molecule has 3 rings (SSSR count). The molecule has 1 amide bonds. The largest absolute Gasteiger partial charge is 0.509 e. The van der Waals surface area contributed by atoms with Gasteiger partial charge in [-0.25, -0.2) is 0 Å². The molecule has 8 heteroatoms. The zero-order valence-electron chi connectivity index (χ0n) is 15.3. The Morgan fingerprint density at radius 3 is 2.58 bits per heavy atom. The molecule has 0 bridgehead atoms. The quantitative estimate of drug-likeness (QED) is 0.840. The monoisotopic (exact) mass is 377 g/mol. The van der Waals surface area contributed by atoms with Crippen molar-refractivity contribution in [2.45, 2.75) is 44.6 Å². The number of aliphatic hydroxyl groups is 1. The lowest BCUT2D eigenvalue weighted by Gasteiger charge is -2.32. The van der Waals surface area contributed by atoms with Gasteiger partial charge < -0.3 is 15.3 Å². The third-order valence-corrected chi connectivity index (χ3v) is 6.08. The van der Waals surface area contributed by atoms with E-state index in [0.717, 1.165) is 6.42 Å². The van der Waals surface area contributed by atoms with Crippen LogP contribution in [0.25, 0.3) is 0 Å². The van der Waals surface area contributed by atoms with E-state index in [2.05, 4.69) is 23.6 Å². The number of amidine groups is 1. The average Bonchev–Trinajstić information content (AvgIpc) is 2.70.